The van der Waals surface area contributed by atoms with Crippen molar-refractivity contribution in [2.24, 2.45) is 0 Å². The normalized spacial score (nSPS) is 10.5. The summed E-state index contributed by atoms with van der Waals surface area (Å²) in [6, 6.07) is 5.58. The number of nitrogens with one attached hydrogen (secondary N) is 1. The number of benzene rings is 1. The van der Waals surface area contributed by atoms with Crippen LogP contribution in [0.25, 0.3) is 0 Å². The van der Waals surface area contributed by atoms with Gasteiger partial charge in [0.1, 0.15) is 5.82 Å². The van der Waals surface area contributed by atoms with Gasteiger partial charge in [0.15, 0.2) is 0 Å². The molecule has 4 nitrogen and oxygen atoms in total. The molecular formula is C13H13BrFN3O. The summed E-state index contributed by atoms with van der Waals surface area (Å²) in [5.41, 5.74) is 1.04. The number of halogens is 2. The van der Waals surface area contributed by atoms with Crippen LogP contribution in [0, 0.1) is 5.82 Å². The van der Waals surface area contributed by atoms with Gasteiger partial charge in [0, 0.05) is 18.3 Å². The van der Waals surface area contributed by atoms with E-state index in [1.807, 2.05) is 13.1 Å². The molecule has 1 heterocycles. The van der Waals surface area contributed by atoms with Crippen LogP contribution >= 0.6 is 15.9 Å². The first kappa shape index (κ1) is 13.7. The van der Waals surface area contributed by atoms with Crippen LogP contribution in [0.5, 0.6) is 0 Å². The minimum absolute atomic E-state index is 0.295. The van der Waals surface area contributed by atoms with Crippen molar-refractivity contribution in [1.29, 1.82) is 0 Å². The molecule has 2 aromatic rings. The minimum atomic E-state index is -0.427. The summed E-state index contributed by atoms with van der Waals surface area (Å²) >= 11 is 3.38. The Hall–Kier alpha value is -1.69. The second-order valence-corrected chi connectivity index (χ2v) is 4.83. The average molecular weight is 326 g/mol. The molecule has 6 heteroatoms. The summed E-state index contributed by atoms with van der Waals surface area (Å²) in [6.45, 7) is 3.04. The SMILES string of the molecule is CCn1cc(Br)c(CNC(=O)c2cccc(F)c2)n1. The van der Waals surface area contributed by atoms with Gasteiger partial charge in [-0.25, -0.2) is 4.39 Å². The molecule has 0 aliphatic rings. The van der Waals surface area contributed by atoms with Crippen molar-refractivity contribution < 1.29 is 9.18 Å². The maximum Gasteiger partial charge on any atom is 0.251 e. The number of carbonyl (C=O) groups is 1. The van der Waals surface area contributed by atoms with Gasteiger partial charge in [0.2, 0.25) is 0 Å². The van der Waals surface area contributed by atoms with E-state index in [-0.39, 0.29) is 5.91 Å². The van der Waals surface area contributed by atoms with E-state index >= 15 is 0 Å². The van der Waals surface area contributed by atoms with E-state index in [2.05, 4.69) is 26.3 Å². The average Bonchev–Trinajstić information content (AvgIpc) is 2.76. The van der Waals surface area contributed by atoms with Crippen molar-refractivity contribution in [3.05, 3.63) is 52.0 Å². The molecule has 0 fully saturated rings. The fourth-order valence-electron chi connectivity index (χ4n) is 1.61. The highest BCUT2D eigenvalue weighted by atomic mass is 79.9. The third kappa shape index (κ3) is 3.41. The lowest BCUT2D eigenvalue weighted by atomic mass is 10.2. The number of carbonyl (C=O) groups excluding carboxylic acids is 1. The van der Waals surface area contributed by atoms with E-state index in [1.165, 1.54) is 18.2 Å². The van der Waals surface area contributed by atoms with Gasteiger partial charge in [-0.15, -0.1) is 0 Å². The molecule has 1 aromatic carbocycles. The fourth-order valence-corrected chi connectivity index (χ4v) is 2.07. The van der Waals surface area contributed by atoms with Crippen LogP contribution in [0.1, 0.15) is 23.0 Å². The number of nitrogens with zero attached hydrogens (tertiary/aromatic N) is 2. The van der Waals surface area contributed by atoms with E-state index in [0.29, 0.717) is 12.1 Å². The summed E-state index contributed by atoms with van der Waals surface area (Å²) < 4.78 is 15.6. The Bertz CT molecular complexity index is 597. The lowest BCUT2D eigenvalue weighted by molar-refractivity contribution is 0.0950. The summed E-state index contributed by atoms with van der Waals surface area (Å²) in [4.78, 5) is 11.8. The van der Waals surface area contributed by atoms with Crippen molar-refractivity contribution in [2.75, 3.05) is 0 Å². The van der Waals surface area contributed by atoms with Gasteiger partial charge in [-0.1, -0.05) is 6.07 Å². The van der Waals surface area contributed by atoms with Crippen LogP contribution in [0.3, 0.4) is 0 Å². The van der Waals surface area contributed by atoms with E-state index in [1.54, 1.807) is 10.7 Å². The van der Waals surface area contributed by atoms with Crippen molar-refractivity contribution >= 4 is 21.8 Å². The Kier molecular flexibility index (Phi) is 4.31. The molecule has 19 heavy (non-hydrogen) atoms. The lowest BCUT2D eigenvalue weighted by Crippen LogP contribution is -2.23. The highest BCUT2D eigenvalue weighted by molar-refractivity contribution is 9.10. The van der Waals surface area contributed by atoms with Gasteiger partial charge >= 0.3 is 0 Å². The second-order valence-electron chi connectivity index (χ2n) is 3.97. The highest BCUT2D eigenvalue weighted by Gasteiger charge is 2.09. The minimum Gasteiger partial charge on any atom is -0.346 e. The first-order chi connectivity index (χ1) is 9.10. The Morgan fingerprint density at radius 2 is 2.32 bits per heavy atom. The smallest absolute Gasteiger partial charge is 0.251 e. The quantitative estimate of drug-likeness (QED) is 0.939. The standard InChI is InChI=1S/C13H13BrFN3O/c1-2-18-8-11(14)12(17-18)7-16-13(19)9-4-3-5-10(15)6-9/h3-6,8H,2,7H2,1H3,(H,16,19). The van der Waals surface area contributed by atoms with E-state index in [9.17, 15) is 9.18 Å². The second kappa shape index (κ2) is 5.97. The molecule has 1 N–H and O–H groups in total. The Balaban J connectivity index is 2.02. The van der Waals surface area contributed by atoms with Gasteiger partial charge in [-0.3, -0.25) is 9.48 Å². The molecule has 100 valence electrons. The van der Waals surface area contributed by atoms with Crippen LogP contribution in [-0.2, 0) is 13.1 Å². The Morgan fingerprint density at radius 3 is 2.95 bits per heavy atom. The highest BCUT2D eigenvalue weighted by Crippen LogP contribution is 2.14. The van der Waals surface area contributed by atoms with Crippen molar-refractivity contribution in [1.82, 2.24) is 15.1 Å². The molecule has 0 bridgehead atoms. The zero-order valence-electron chi connectivity index (χ0n) is 10.4. The summed E-state index contributed by atoms with van der Waals surface area (Å²) in [7, 11) is 0. The molecule has 2 rings (SSSR count). The molecular weight excluding hydrogens is 313 g/mol. The number of aromatic nitrogens is 2. The summed E-state index contributed by atoms with van der Waals surface area (Å²) in [5.74, 6) is -0.749. The van der Waals surface area contributed by atoms with Gasteiger partial charge in [-0.05, 0) is 41.1 Å². The molecule has 1 aromatic heterocycles. The maximum atomic E-state index is 13.0. The van der Waals surface area contributed by atoms with Gasteiger partial charge in [0.25, 0.3) is 5.91 Å². The predicted octanol–water partition coefficient (Wildman–Crippen LogP) is 2.73. The molecule has 0 saturated heterocycles. The molecule has 0 atom stereocenters. The summed E-state index contributed by atoms with van der Waals surface area (Å²) in [5, 5.41) is 7.00. The molecule has 1 amide bonds. The van der Waals surface area contributed by atoms with Crippen LogP contribution in [0.2, 0.25) is 0 Å². The van der Waals surface area contributed by atoms with Crippen molar-refractivity contribution in [3.8, 4) is 0 Å². The number of rotatable bonds is 4. The third-order valence-corrected chi connectivity index (χ3v) is 3.28. The van der Waals surface area contributed by atoms with Gasteiger partial charge in [0.05, 0.1) is 16.7 Å². The van der Waals surface area contributed by atoms with E-state index < -0.39 is 5.82 Å². The molecule has 0 spiro atoms. The zero-order chi connectivity index (χ0) is 13.8. The fraction of sp³-hybridized carbons (Fsp3) is 0.231. The zero-order valence-corrected chi connectivity index (χ0v) is 11.9. The van der Waals surface area contributed by atoms with Crippen molar-refractivity contribution in [2.45, 2.75) is 20.0 Å². The topological polar surface area (TPSA) is 46.9 Å². The van der Waals surface area contributed by atoms with Crippen molar-refractivity contribution in [3.63, 3.8) is 0 Å². The number of amides is 1. The molecule has 0 aliphatic carbocycles. The lowest BCUT2D eigenvalue weighted by Gasteiger charge is -2.03. The first-order valence-electron chi connectivity index (χ1n) is 5.85. The van der Waals surface area contributed by atoms with E-state index in [4.69, 9.17) is 0 Å². The van der Waals surface area contributed by atoms with Gasteiger partial charge in [-0.2, -0.15) is 5.10 Å². The maximum absolute atomic E-state index is 13.0. The first-order valence-corrected chi connectivity index (χ1v) is 6.65. The van der Waals surface area contributed by atoms with Crippen LogP contribution < -0.4 is 5.32 Å². The third-order valence-electron chi connectivity index (χ3n) is 2.61. The van der Waals surface area contributed by atoms with E-state index in [0.717, 1.165) is 16.7 Å². The Labute approximate surface area is 118 Å². The predicted molar refractivity (Wildman–Crippen MR) is 73.2 cm³/mol. The molecule has 0 aliphatic heterocycles. The molecule has 0 radical (unpaired) electrons. The number of aryl methyl sites for hydroxylation is 1. The number of hydrogen-bond donors (Lipinski definition) is 1. The van der Waals surface area contributed by atoms with Crippen LogP contribution in [0.15, 0.2) is 34.9 Å². The largest absolute Gasteiger partial charge is 0.346 e. The summed E-state index contributed by atoms with van der Waals surface area (Å²) in [6.07, 6.45) is 1.85. The molecule has 0 unspecified atom stereocenters. The van der Waals surface area contributed by atoms with Gasteiger partial charge < -0.3 is 5.32 Å². The number of hydrogen-bond acceptors (Lipinski definition) is 2. The van der Waals surface area contributed by atoms with Crippen LogP contribution in [0.4, 0.5) is 4.39 Å². The van der Waals surface area contributed by atoms with Crippen LogP contribution in [-0.4, -0.2) is 15.7 Å². The molecule has 0 saturated carbocycles. The monoisotopic (exact) mass is 325 g/mol. The Morgan fingerprint density at radius 1 is 1.53 bits per heavy atom.